The second-order valence-electron chi connectivity index (χ2n) is 9.11. The van der Waals surface area contributed by atoms with E-state index in [0.29, 0.717) is 5.02 Å². The molecule has 0 N–H and O–H groups in total. The molecule has 36 heavy (non-hydrogen) atoms. The fourth-order valence-electron chi connectivity index (χ4n) is 4.96. The van der Waals surface area contributed by atoms with Crippen molar-refractivity contribution < 1.29 is 4.39 Å². The zero-order valence-electron chi connectivity index (χ0n) is 19.5. The molecule has 0 fully saturated rings. The second kappa shape index (κ2) is 9.56. The van der Waals surface area contributed by atoms with E-state index in [2.05, 4.69) is 40.5 Å². The van der Waals surface area contributed by atoms with Crippen molar-refractivity contribution in [2.75, 3.05) is 20.1 Å². The van der Waals surface area contributed by atoms with Crippen LogP contribution in [0.4, 0.5) is 4.39 Å². The molecule has 3 aromatic rings. The van der Waals surface area contributed by atoms with E-state index in [-0.39, 0.29) is 11.9 Å². The van der Waals surface area contributed by atoms with Gasteiger partial charge in [-0.15, -0.1) is 0 Å². The summed E-state index contributed by atoms with van der Waals surface area (Å²) in [5, 5.41) is 4.45. The second-order valence-corrected chi connectivity index (χ2v) is 10.8. The highest BCUT2D eigenvalue weighted by Gasteiger charge is 2.41. The lowest BCUT2D eigenvalue weighted by molar-refractivity contribution is 0.344. The van der Waals surface area contributed by atoms with E-state index in [1.54, 1.807) is 11.8 Å². The van der Waals surface area contributed by atoms with Crippen LogP contribution in [0.25, 0.3) is 11.8 Å². The van der Waals surface area contributed by atoms with Crippen LogP contribution in [-0.2, 0) is 0 Å². The molecule has 3 aliphatic heterocycles. The van der Waals surface area contributed by atoms with Gasteiger partial charge in [0.1, 0.15) is 5.82 Å². The molecule has 0 saturated heterocycles. The molecule has 0 amide bonds. The van der Waals surface area contributed by atoms with Crippen molar-refractivity contribution in [1.29, 1.82) is 0 Å². The SMILES string of the molecule is CN1CC2=C(N=C3SC=C(c4ccc(F)cc4)N3[C@@H]2c2ccc(Cl)cc2)/C(=C/c2ccc(Cl)cc2)C1. The van der Waals surface area contributed by atoms with Crippen LogP contribution >= 0.6 is 35.0 Å². The van der Waals surface area contributed by atoms with E-state index in [1.807, 2.05) is 48.5 Å². The Morgan fingerprint density at radius 2 is 1.58 bits per heavy atom. The minimum absolute atomic E-state index is 0.0626. The largest absolute Gasteiger partial charge is 0.308 e. The first-order chi connectivity index (χ1) is 17.5. The first kappa shape index (κ1) is 23.6. The third kappa shape index (κ3) is 4.41. The van der Waals surface area contributed by atoms with Crippen molar-refractivity contribution in [1.82, 2.24) is 9.80 Å². The van der Waals surface area contributed by atoms with Gasteiger partial charge in [0, 0.05) is 28.5 Å². The van der Waals surface area contributed by atoms with Crippen molar-refractivity contribution in [3.63, 3.8) is 0 Å². The van der Waals surface area contributed by atoms with Gasteiger partial charge >= 0.3 is 0 Å². The van der Waals surface area contributed by atoms with Gasteiger partial charge in [0.2, 0.25) is 0 Å². The van der Waals surface area contributed by atoms with Gasteiger partial charge in [-0.1, -0.05) is 59.2 Å². The van der Waals surface area contributed by atoms with Gasteiger partial charge in [-0.05, 0) is 89.5 Å². The Kier molecular flexibility index (Phi) is 6.26. The van der Waals surface area contributed by atoms with Crippen LogP contribution in [0.1, 0.15) is 22.7 Å². The summed E-state index contributed by atoms with van der Waals surface area (Å²) in [6.45, 7) is 1.59. The molecular formula is C29H22Cl2FN3S. The summed E-state index contributed by atoms with van der Waals surface area (Å²) in [7, 11) is 2.13. The van der Waals surface area contributed by atoms with E-state index in [9.17, 15) is 4.39 Å². The number of amidine groups is 1. The molecule has 3 aromatic carbocycles. The third-order valence-corrected chi connectivity index (χ3v) is 7.91. The number of thioether (sulfide) groups is 1. The molecule has 0 saturated carbocycles. The van der Waals surface area contributed by atoms with Gasteiger partial charge in [-0.3, -0.25) is 4.90 Å². The Hall–Kier alpha value is -2.83. The van der Waals surface area contributed by atoms with E-state index >= 15 is 0 Å². The number of fused-ring (bicyclic) bond motifs is 1. The number of likely N-dealkylation sites (N-methyl/N-ethyl adjacent to an activating group) is 1. The lowest BCUT2D eigenvalue weighted by Gasteiger charge is -2.42. The van der Waals surface area contributed by atoms with Gasteiger partial charge in [0.25, 0.3) is 0 Å². The fraction of sp³-hybridized carbons (Fsp3) is 0.138. The summed E-state index contributed by atoms with van der Waals surface area (Å²) < 4.78 is 13.7. The minimum Gasteiger partial charge on any atom is -0.308 e. The standard InChI is InChI=1S/C29H22Cl2FN3S/c1-34-15-21(14-18-2-8-22(30)9-3-18)27-25(16-34)28(20-4-10-23(31)11-5-20)35-26(17-36-29(35)33-27)19-6-12-24(32)13-7-19/h2-14,17,28H,15-16H2,1H3/b21-14+/t28-/m1/s1. The van der Waals surface area contributed by atoms with Crippen LogP contribution < -0.4 is 0 Å². The van der Waals surface area contributed by atoms with Gasteiger partial charge in [0.15, 0.2) is 5.17 Å². The Morgan fingerprint density at radius 3 is 2.28 bits per heavy atom. The maximum Gasteiger partial charge on any atom is 0.174 e. The molecule has 0 aliphatic carbocycles. The van der Waals surface area contributed by atoms with Gasteiger partial charge in [-0.2, -0.15) is 0 Å². The summed E-state index contributed by atoms with van der Waals surface area (Å²) in [6.07, 6.45) is 2.20. The van der Waals surface area contributed by atoms with Crippen LogP contribution in [0.5, 0.6) is 0 Å². The van der Waals surface area contributed by atoms with Crippen molar-refractivity contribution in [3.8, 4) is 0 Å². The summed E-state index contributed by atoms with van der Waals surface area (Å²) in [6, 6.07) is 22.5. The molecule has 0 aromatic heterocycles. The molecule has 0 unspecified atom stereocenters. The lowest BCUT2D eigenvalue weighted by atomic mass is 9.88. The smallest absolute Gasteiger partial charge is 0.174 e. The molecule has 6 rings (SSSR count). The zero-order chi connectivity index (χ0) is 24.8. The number of hydrogen-bond acceptors (Lipinski definition) is 4. The first-order valence-corrected chi connectivity index (χ1v) is 13.2. The molecule has 3 aliphatic rings. The Balaban J connectivity index is 1.50. The van der Waals surface area contributed by atoms with E-state index in [4.69, 9.17) is 28.2 Å². The van der Waals surface area contributed by atoms with Crippen molar-refractivity contribution >= 4 is 51.9 Å². The van der Waals surface area contributed by atoms with Crippen LogP contribution in [0, 0.1) is 5.82 Å². The monoisotopic (exact) mass is 533 g/mol. The Morgan fingerprint density at radius 1 is 0.917 bits per heavy atom. The van der Waals surface area contributed by atoms with Crippen LogP contribution in [0.15, 0.2) is 100 Å². The molecular weight excluding hydrogens is 512 g/mol. The molecule has 3 nitrogen and oxygen atoms in total. The van der Waals surface area contributed by atoms with E-state index in [1.165, 1.54) is 23.3 Å². The van der Waals surface area contributed by atoms with Gasteiger partial charge in [-0.25, -0.2) is 9.38 Å². The average molecular weight is 534 g/mol. The Bertz CT molecular complexity index is 1440. The normalized spacial score (nSPS) is 20.8. The molecule has 1 atom stereocenters. The lowest BCUT2D eigenvalue weighted by Crippen LogP contribution is -2.40. The van der Waals surface area contributed by atoms with E-state index < -0.39 is 0 Å². The quantitative estimate of drug-likeness (QED) is 0.341. The van der Waals surface area contributed by atoms with Crippen molar-refractivity contribution in [2.24, 2.45) is 4.99 Å². The predicted octanol–water partition coefficient (Wildman–Crippen LogP) is 7.87. The molecule has 0 radical (unpaired) electrons. The zero-order valence-corrected chi connectivity index (χ0v) is 21.8. The van der Waals surface area contributed by atoms with Crippen molar-refractivity contribution in [3.05, 3.63) is 128 Å². The molecule has 0 spiro atoms. The third-order valence-electron chi connectivity index (χ3n) is 6.56. The van der Waals surface area contributed by atoms with Crippen LogP contribution in [0.2, 0.25) is 10.0 Å². The number of aliphatic imine (C=N–C) groups is 1. The van der Waals surface area contributed by atoms with Crippen LogP contribution in [0.3, 0.4) is 0 Å². The Labute approximate surface area is 224 Å². The van der Waals surface area contributed by atoms with Crippen LogP contribution in [-0.4, -0.2) is 35.1 Å². The summed E-state index contributed by atoms with van der Waals surface area (Å²) in [5.74, 6) is -0.248. The topological polar surface area (TPSA) is 18.8 Å². The number of nitrogens with zero attached hydrogens (tertiary/aromatic N) is 3. The maximum absolute atomic E-state index is 13.7. The minimum atomic E-state index is -0.248. The number of hydrogen-bond donors (Lipinski definition) is 0. The maximum atomic E-state index is 13.7. The number of rotatable bonds is 3. The summed E-state index contributed by atoms with van der Waals surface area (Å²) in [4.78, 5) is 9.78. The van der Waals surface area contributed by atoms with Gasteiger partial charge in [0.05, 0.1) is 17.4 Å². The summed E-state index contributed by atoms with van der Waals surface area (Å²) in [5.41, 5.74) is 7.63. The number of benzene rings is 3. The van der Waals surface area contributed by atoms with Crippen molar-refractivity contribution in [2.45, 2.75) is 6.04 Å². The summed E-state index contributed by atoms with van der Waals surface area (Å²) >= 11 is 14.0. The first-order valence-electron chi connectivity index (χ1n) is 11.6. The van der Waals surface area contributed by atoms with E-state index in [0.717, 1.165) is 51.4 Å². The fourth-order valence-corrected chi connectivity index (χ4v) is 6.14. The molecule has 0 bridgehead atoms. The molecule has 180 valence electrons. The highest BCUT2D eigenvalue weighted by Crippen LogP contribution is 2.49. The highest BCUT2D eigenvalue weighted by atomic mass is 35.5. The predicted molar refractivity (Wildman–Crippen MR) is 149 cm³/mol. The molecule has 3 heterocycles. The average Bonchev–Trinajstić information content (AvgIpc) is 3.29. The highest BCUT2D eigenvalue weighted by molar-refractivity contribution is 8.16. The molecule has 7 heteroatoms. The van der Waals surface area contributed by atoms with Gasteiger partial charge < -0.3 is 4.90 Å². The number of halogens is 3.